The van der Waals surface area contributed by atoms with Gasteiger partial charge in [-0.25, -0.2) is 0 Å². The van der Waals surface area contributed by atoms with Gasteiger partial charge >= 0.3 is 0 Å². The largest absolute Gasteiger partial charge is 0.297 e. The van der Waals surface area contributed by atoms with Crippen LogP contribution in [0.1, 0.15) is 24.1 Å². The Kier molecular flexibility index (Phi) is 2.36. The van der Waals surface area contributed by atoms with Gasteiger partial charge in [-0.15, -0.1) is 11.3 Å². The number of hydrogen-bond acceptors (Lipinski definition) is 2. The molecule has 2 bridgehead atoms. The summed E-state index contributed by atoms with van der Waals surface area (Å²) in [5, 5.41) is 5.13. The van der Waals surface area contributed by atoms with E-state index in [1.54, 1.807) is 5.57 Å². The van der Waals surface area contributed by atoms with Gasteiger partial charge in [-0.3, -0.25) is 4.90 Å². The van der Waals surface area contributed by atoms with E-state index in [1.165, 1.54) is 34.9 Å². The highest BCUT2D eigenvalue weighted by Gasteiger charge is 2.34. The minimum atomic E-state index is 0.680. The average molecular weight is 255 g/mol. The summed E-state index contributed by atoms with van der Waals surface area (Å²) in [6.45, 7) is 0. The first-order valence-electron chi connectivity index (χ1n) is 6.72. The highest BCUT2D eigenvalue weighted by molar-refractivity contribution is 7.12. The third-order valence-corrected chi connectivity index (χ3v) is 5.63. The van der Waals surface area contributed by atoms with Crippen LogP contribution < -0.4 is 0 Å². The van der Waals surface area contributed by atoms with Crippen LogP contribution in [0.5, 0.6) is 0 Å². The van der Waals surface area contributed by atoms with Gasteiger partial charge in [0.2, 0.25) is 0 Å². The molecule has 0 spiro atoms. The van der Waals surface area contributed by atoms with Crippen LogP contribution in [0.25, 0.3) is 16.3 Å². The zero-order valence-corrected chi connectivity index (χ0v) is 11.4. The molecule has 2 aliphatic heterocycles. The molecule has 0 saturated carbocycles. The second-order valence-corrected chi connectivity index (χ2v) is 6.39. The molecule has 0 aliphatic carbocycles. The number of thiophene rings is 1. The molecule has 1 aromatic carbocycles. The van der Waals surface area contributed by atoms with Gasteiger partial charge in [0.1, 0.15) is 0 Å². The summed E-state index contributed by atoms with van der Waals surface area (Å²) >= 11 is 1.92. The molecule has 0 N–H and O–H groups in total. The van der Waals surface area contributed by atoms with Gasteiger partial charge in [0.15, 0.2) is 0 Å². The average Bonchev–Trinajstić information content (AvgIpc) is 2.88. The molecule has 2 unspecified atom stereocenters. The molecule has 2 aromatic rings. The summed E-state index contributed by atoms with van der Waals surface area (Å²) < 4.78 is 0. The molecule has 3 heterocycles. The summed E-state index contributed by atoms with van der Waals surface area (Å²) in [5.74, 6) is 0. The van der Waals surface area contributed by atoms with Gasteiger partial charge in [-0.2, -0.15) is 0 Å². The van der Waals surface area contributed by atoms with E-state index in [0.717, 1.165) is 6.04 Å². The molecular weight excluding hydrogens is 238 g/mol. The minimum Gasteiger partial charge on any atom is -0.297 e. The van der Waals surface area contributed by atoms with Crippen molar-refractivity contribution in [3.63, 3.8) is 0 Å². The zero-order valence-electron chi connectivity index (χ0n) is 10.6. The van der Waals surface area contributed by atoms with E-state index in [-0.39, 0.29) is 0 Å². The lowest BCUT2D eigenvalue weighted by Gasteiger charge is -2.30. The highest BCUT2D eigenvalue weighted by atomic mass is 32.1. The summed E-state index contributed by atoms with van der Waals surface area (Å²) in [7, 11) is 2.28. The Hall–Kier alpha value is -1.12. The van der Waals surface area contributed by atoms with E-state index in [0.29, 0.717) is 6.04 Å². The van der Waals surface area contributed by atoms with Crippen LogP contribution in [0.2, 0.25) is 0 Å². The van der Waals surface area contributed by atoms with Crippen LogP contribution in [-0.4, -0.2) is 24.0 Å². The second-order valence-electron chi connectivity index (χ2n) is 5.51. The molecule has 2 aliphatic rings. The molecule has 2 atom stereocenters. The van der Waals surface area contributed by atoms with Crippen molar-refractivity contribution in [2.24, 2.45) is 0 Å². The van der Waals surface area contributed by atoms with Gasteiger partial charge in [-0.05, 0) is 48.0 Å². The lowest BCUT2D eigenvalue weighted by molar-refractivity contribution is 0.265. The Morgan fingerprint density at radius 1 is 1.22 bits per heavy atom. The summed E-state index contributed by atoms with van der Waals surface area (Å²) in [6.07, 6.45) is 6.46. The zero-order chi connectivity index (χ0) is 12.1. The molecular formula is C16H17NS. The van der Waals surface area contributed by atoms with E-state index < -0.39 is 0 Å². The molecule has 1 nitrogen and oxygen atoms in total. The van der Waals surface area contributed by atoms with Crippen molar-refractivity contribution < 1.29 is 0 Å². The predicted octanol–water partition coefficient (Wildman–Crippen LogP) is 4.15. The van der Waals surface area contributed by atoms with Crippen molar-refractivity contribution in [3.05, 3.63) is 40.6 Å². The SMILES string of the molecule is CN1C2C=C(c3scc4ccccc34)CC1CC2. The van der Waals surface area contributed by atoms with Gasteiger partial charge in [0, 0.05) is 17.0 Å². The molecule has 4 rings (SSSR count). The van der Waals surface area contributed by atoms with Crippen molar-refractivity contribution in [1.82, 2.24) is 4.90 Å². The fourth-order valence-corrected chi connectivity index (χ4v) is 4.52. The van der Waals surface area contributed by atoms with Crippen LogP contribution in [0.15, 0.2) is 35.7 Å². The van der Waals surface area contributed by atoms with Crippen molar-refractivity contribution in [2.45, 2.75) is 31.3 Å². The van der Waals surface area contributed by atoms with E-state index in [4.69, 9.17) is 0 Å². The monoisotopic (exact) mass is 255 g/mol. The van der Waals surface area contributed by atoms with Crippen LogP contribution in [0.3, 0.4) is 0 Å². The number of fused-ring (bicyclic) bond motifs is 3. The summed E-state index contributed by atoms with van der Waals surface area (Å²) in [4.78, 5) is 4.06. The van der Waals surface area contributed by atoms with E-state index in [9.17, 15) is 0 Å². The Balaban J connectivity index is 1.82. The smallest absolute Gasteiger partial charge is 0.0378 e. The van der Waals surface area contributed by atoms with Crippen molar-refractivity contribution in [2.75, 3.05) is 7.05 Å². The molecule has 18 heavy (non-hydrogen) atoms. The van der Waals surface area contributed by atoms with Crippen LogP contribution in [0.4, 0.5) is 0 Å². The number of likely N-dealkylation sites (N-methyl/N-ethyl adjacent to an activating group) is 1. The fourth-order valence-electron chi connectivity index (χ4n) is 3.45. The standard InChI is InChI=1S/C16H17NS/c1-17-13-6-7-14(17)9-12(8-13)16-15-5-3-2-4-11(15)10-18-16/h2-5,8,10,13-14H,6-7,9H2,1H3. The van der Waals surface area contributed by atoms with E-state index in [1.807, 2.05) is 11.3 Å². The van der Waals surface area contributed by atoms with Crippen molar-refractivity contribution in [3.8, 4) is 0 Å². The maximum absolute atomic E-state index is 2.55. The number of benzene rings is 1. The molecule has 2 heteroatoms. The first-order chi connectivity index (χ1) is 8.83. The van der Waals surface area contributed by atoms with Gasteiger partial charge in [0.05, 0.1) is 0 Å². The third kappa shape index (κ3) is 1.49. The normalized spacial score (nSPS) is 27.7. The van der Waals surface area contributed by atoms with Gasteiger partial charge in [-0.1, -0.05) is 30.3 Å². The Labute approximate surface area is 112 Å². The molecule has 1 saturated heterocycles. The van der Waals surface area contributed by atoms with Crippen LogP contribution in [-0.2, 0) is 0 Å². The second kappa shape index (κ2) is 3.94. The van der Waals surface area contributed by atoms with Gasteiger partial charge < -0.3 is 0 Å². The van der Waals surface area contributed by atoms with Gasteiger partial charge in [0.25, 0.3) is 0 Å². The van der Waals surface area contributed by atoms with Crippen LogP contribution in [0, 0.1) is 0 Å². The summed E-state index contributed by atoms with van der Waals surface area (Å²) in [6, 6.07) is 10.2. The van der Waals surface area contributed by atoms with Crippen LogP contribution >= 0.6 is 11.3 Å². The molecule has 92 valence electrons. The highest BCUT2D eigenvalue weighted by Crippen LogP contribution is 2.41. The minimum absolute atomic E-state index is 0.680. The third-order valence-electron chi connectivity index (χ3n) is 4.54. The first-order valence-corrected chi connectivity index (χ1v) is 7.60. The molecule has 1 fully saturated rings. The van der Waals surface area contributed by atoms with E-state index in [2.05, 4.69) is 47.7 Å². The number of rotatable bonds is 1. The fraction of sp³-hybridized carbons (Fsp3) is 0.375. The summed E-state index contributed by atoms with van der Waals surface area (Å²) in [5.41, 5.74) is 1.59. The Bertz CT molecular complexity index is 625. The Morgan fingerprint density at radius 2 is 2.11 bits per heavy atom. The molecule has 0 radical (unpaired) electrons. The van der Waals surface area contributed by atoms with Crippen molar-refractivity contribution in [1.29, 1.82) is 0 Å². The first kappa shape index (κ1) is 10.8. The van der Waals surface area contributed by atoms with E-state index >= 15 is 0 Å². The van der Waals surface area contributed by atoms with Crippen molar-refractivity contribution >= 4 is 27.7 Å². The lowest BCUT2D eigenvalue weighted by Crippen LogP contribution is -2.34. The Morgan fingerprint density at radius 3 is 3.00 bits per heavy atom. The topological polar surface area (TPSA) is 3.24 Å². The maximum Gasteiger partial charge on any atom is 0.0378 e. The predicted molar refractivity (Wildman–Crippen MR) is 79.0 cm³/mol. The lowest BCUT2D eigenvalue weighted by atomic mass is 9.98. The maximum atomic E-state index is 2.55. The quantitative estimate of drug-likeness (QED) is 0.740. The number of nitrogens with zero attached hydrogens (tertiary/aromatic N) is 1. The molecule has 1 aromatic heterocycles. The number of hydrogen-bond donors (Lipinski definition) is 0. The molecule has 0 amide bonds.